The molecule has 0 atom stereocenters. The number of benzene rings is 2. The third-order valence-electron chi connectivity index (χ3n) is 4.60. The minimum Gasteiger partial charge on any atom is -0.497 e. The SMILES string of the molecule is CCCCCCCCOC(=O)c1ccccc1C(=O)OCc1cccc(OC)c1. The molecule has 5 nitrogen and oxygen atoms in total. The van der Waals surface area contributed by atoms with Crippen LogP contribution in [0.5, 0.6) is 5.75 Å². The largest absolute Gasteiger partial charge is 0.497 e. The van der Waals surface area contributed by atoms with Crippen LogP contribution in [0.1, 0.15) is 71.7 Å². The predicted molar refractivity (Wildman–Crippen MR) is 112 cm³/mol. The molecule has 2 rings (SSSR count). The average molecular weight is 398 g/mol. The molecule has 29 heavy (non-hydrogen) atoms. The zero-order valence-corrected chi connectivity index (χ0v) is 17.3. The smallest absolute Gasteiger partial charge is 0.339 e. The molecule has 2 aromatic rings. The van der Waals surface area contributed by atoms with Gasteiger partial charge in [0.2, 0.25) is 0 Å². The molecule has 0 aliphatic rings. The van der Waals surface area contributed by atoms with Crippen LogP contribution in [-0.2, 0) is 16.1 Å². The van der Waals surface area contributed by atoms with Crippen molar-refractivity contribution >= 4 is 11.9 Å². The third kappa shape index (κ3) is 7.60. The molecule has 2 aromatic carbocycles. The number of hydrogen-bond donors (Lipinski definition) is 0. The molecule has 0 aliphatic heterocycles. The standard InChI is InChI=1S/C24H30O5/c1-3-4-5-6-7-10-16-28-23(25)21-14-8-9-15-22(21)24(26)29-18-19-12-11-13-20(17-19)27-2/h8-9,11-15,17H,3-7,10,16,18H2,1-2H3. The predicted octanol–water partition coefficient (Wildman–Crippen LogP) is 5.57. The quantitative estimate of drug-likeness (QED) is 0.345. The summed E-state index contributed by atoms with van der Waals surface area (Å²) in [6, 6.07) is 13.9. The Bertz CT molecular complexity index is 784. The summed E-state index contributed by atoms with van der Waals surface area (Å²) in [5, 5.41) is 0. The Morgan fingerprint density at radius 3 is 2.14 bits per heavy atom. The first kappa shape index (κ1) is 22.5. The molecule has 0 N–H and O–H groups in total. The maximum Gasteiger partial charge on any atom is 0.339 e. The fourth-order valence-corrected chi connectivity index (χ4v) is 2.95. The van der Waals surface area contributed by atoms with Crippen LogP contribution in [0.3, 0.4) is 0 Å². The molecule has 0 unspecified atom stereocenters. The maximum atomic E-state index is 12.5. The zero-order chi connectivity index (χ0) is 20.9. The van der Waals surface area contributed by atoms with E-state index in [1.54, 1.807) is 37.4 Å². The molecule has 0 heterocycles. The topological polar surface area (TPSA) is 61.8 Å². The van der Waals surface area contributed by atoms with Crippen molar-refractivity contribution in [3.63, 3.8) is 0 Å². The van der Waals surface area contributed by atoms with Crippen molar-refractivity contribution in [3.8, 4) is 5.75 Å². The Morgan fingerprint density at radius 2 is 1.45 bits per heavy atom. The first-order chi connectivity index (χ1) is 14.2. The number of unbranched alkanes of at least 4 members (excludes halogenated alkanes) is 5. The number of carbonyl (C=O) groups is 2. The summed E-state index contributed by atoms with van der Waals surface area (Å²) in [5.74, 6) is -0.357. The lowest BCUT2D eigenvalue weighted by Gasteiger charge is -2.10. The second kappa shape index (κ2) is 12.6. The number of methoxy groups -OCH3 is 1. The molecule has 0 radical (unpaired) electrons. The lowest BCUT2D eigenvalue weighted by atomic mass is 10.1. The molecular weight excluding hydrogens is 368 g/mol. The van der Waals surface area contributed by atoms with Gasteiger partial charge in [0, 0.05) is 0 Å². The van der Waals surface area contributed by atoms with Gasteiger partial charge < -0.3 is 14.2 Å². The van der Waals surface area contributed by atoms with Gasteiger partial charge in [-0.2, -0.15) is 0 Å². The van der Waals surface area contributed by atoms with Crippen LogP contribution in [0.2, 0.25) is 0 Å². The summed E-state index contributed by atoms with van der Waals surface area (Å²) in [6.07, 6.45) is 6.69. The zero-order valence-electron chi connectivity index (χ0n) is 17.3. The van der Waals surface area contributed by atoms with E-state index in [0.717, 1.165) is 24.8 Å². The summed E-state index contributed by atoms with van der Waals surface area (Å²) >= 11 is 0. The second-order valence-corrected chi connectivity index (χ2v) is 6.88. The monoisotopic (exact) mass is 398 g/mol. The normalized spacial score (nSPS) is 10.4. The fraction of sp³-hybridized carbons (Fsp3) is 0.417. The molecule has 156 valence electrons. The molecule has 0 saturated carbocycles. The summed E-state index contributed by atoms with van der Waals surface area (Å²) in [5.41, 5.74) is 1.25. The minimum absolute atomic E-state index is 0.0944. The Labute approximate surface area is 173 Å². The Kier molecular flexibility index (Phi) is 9.76. The van der Waals surface area contributed by atoms with Gasteiger partial charge in [-0.05, 0) is 36.2 Å². The van der Waals surface area contributed by atoms with Gasteiger partial charge in [0.1, 0.15) is 12.4 Å². The van der Waals surface area contributed by atoms with Crippen molar-refractivity contribution in [1.82, 2.24) is 0 Å². The second-order valence-electron chi connectivity index (χ2n) is 6.88. The third-order valence-corrected chi connectivity index (χ3v) is 4.60. The van der Waals surface area contributed by atoms with Crippen molar-refractivity contribution in [1.29, 1.82) is 0 Å². The van der Waals surface area contributed by atoms with Crippen LogP contribution in [0.25, 0.3) is 0 Å². The average Bonchev–Trinajstić information content (AvgIpc) is 2.76. The van der Waals surface area contributed by atoms with Gasteiger partial charge in [-0.15, -0.1) is 0 Å². The first-order valence-corrected chi connectivity index (χ1v) is 10.2. The van der Waals surface area contributed by atoms with Gasteiger partial charge in [-0.3, -0.25) is 0 Å². The van der Waals surface area contributed by atoms with Crippen LogP contribution in [0.15, 0.2) is 48.5 Å². The molecule has 0 fully saturated rings. The molecule has 0 spiro atoms. The number of hydrogen-bond acceptors (Lipinski definition) is 5. The summed E-state index contributed by atoms with van der Waals surface area (Å²) in [4.78, 5) is 24.9. The van der Waals surface area contributed by atoms with Crippen LogP contribution in [0, 0.1) is 0 Å². The van der Waals surface area contributed by atoms with Crippen LogP contribution < -0.4 is 4.74 Å². The number of esters is 2. The summed E-state index contributed by atoms with van der Waals surface area (Å²) in [6.45, 7) is 2.64. The summed E-state index contributed by atoms with van der Waals surface area (Å²) < 4.78 is 15.9. The lowest BCUT2D eigenvalue weighted by molar-refractivity contribution is 0.0436. The van der Waals surface area contributed by atoms with E-state index in [-0.39, 0.29) is 17.7 Å². The van der Waals surface area contributed by atoms with Gasteiger partial charge >= 0.3 is 11.9 Å². The fourth-order valence-electron chi connectivity index (χ4n) is 2.95. The number of ether oxygens (including phenoxy) is 3. The van der Waals surface area contributed by atoms with Crippen LogP contribution in [-0.4, -0.2) is 25.7 Å². The van der Waals surface area contributed by atoms with Crippen molar-refractivity contribution in [3.05, 3.63) is 65.2 Å². The van der Waals surface area contributed by atoms with E-state index < -0.39 is 11.9 Å². The van der Waals surface area contributed by atoms with E-state index in [1.807, 2.05) is 18.2 Å². The van der Waals surface area contributed by atoms with Crippen LogP contribution in [0.4, 0.5) is 0 Å². The van der Waals surface area contributed by atoms with Gasteiger partial charge in [-0.1, -0.05) is 63.3 Å². The molecule has 0 aromatic heterocycles. The molecular formula is C24H30O5. The van der Waals surface area contributed by atoms with Crippen molar-refractivity contribution in [2.24, 2.45) is 0 Å². The van der Waals surface area contributed by atoms with E-state index in [9.17, 15) is 9.59 Å². The Hall–Kier alpha value is -2.82. The highest BCUT2D eigenvalue weighted by molar-refractivity contribution is 6.03. The molecule has 0 amide bonds. The Balaban J connectivity index is 1.87. The van der Waals surface area contributed by atoms with E-state index in [2.05, 4.69) is 6.92 Å². The summed E-state index contributed by atoms with van der Waals surface area (Å²) in [7, 11) is 1.58. The van der Waals surface area contributed by atoms with E-state index in [0.29, 0.717) is 12.4 Å². The first-order valence-electron chi connectivity index (χ1n) is 10.2. The van der Waals surface area contributed by atoms with Gasteiger partial charge in [0.25, 0.3) is 0 Å². The number of carbonyl (C=O) groups excluding carboxylic acids is 2. The van der Waals surface area contributed by atoms with Crippen molar-refractivity contribution < 1.29 is 23.8 Å². The van der Waals surface area contributed by atoms with E-state index in [1.165, 1.54) is 19.3 Å². The van der Waals surface area contributed by atoms with Crippen molar-refractivity contribution in [2.75, 3.05) is 13.7 Å². The van der Waals surface area contributed by atoms with Gasteiger partial charge in [0.05, 0.1) is 24.8 Å². The van der Waals surface area contributed by atoms with Crippen molar-refractivity contribution in [2.45, 2.75) is 52.1 Å². The van der Waals surface area contributed by atoms with E-state index >= 15 is 0 Å². The molecule has 0 saturated heterocycles. The minimum atomic E-state index is -0.556. The highest BCUT2D eigenvalue weighted by atomic mass is 16.5. The molecule has 0 aliphatic carbocycles. The van der Waals surface area contributed by atoms with E-state index in [4.69, 9.17) is 14.2 Å². The number of rotatable bonds is 12. The Morgan fingerprint density at radius 1 is 0.793 bits per heavy atom. The molecule has 0 bridgehead atoms. The highest BCUT2D eigenvalue weighted by Gasteiger charge is 2.19. The van der Waals surface area contributed by atoms with Crippen LogP contribution >= 0.6 is 0 Å². The lowest BCUT2D eigenvalue weighted by Crippen LogP contribution is -2.14. The van der Waals surface area contributed by atoms with Gasteiger partial charge in [-0.25, -0.2) is 9.59 Å². The highest BCUT2D eigenvalue weighted by Crippen LogP contribution is 2.16. The molecule has 5 heteroatoms. The maximum absolute atomic E-state index is 12.5. The van der Waals surface area contributed by atoms with Gasteiger partial charge in [0.15, 0.2) is 0 Å².